The molecule has 0 saturated carbocycles. The molecule has 0 fully saturated rings. The Morgan fingerprint density at radius 3 is 2.08 bits per heavy atom. The molecule has 1 heterocycles. The Morgan fingerprint density at radius 1 is 0.792 bits per heavy atom. The lowest BCUT2D eigenvalue weighted by molar-refractivity contribution is 0.284. The van der Waals surface area contributed by atoms with Gasteiger partial charge in [-0.1, -0.05) is 78.1 Å². The lowest BCUT2D eigenvalue weighted by atomic mass is 10.1. The number of anilines is 1. The predicted molar refractivity (Wildman–Crippen MR) is 101 cm³/mol. The topological polar surface area (TPSA) is 59.9 Å². The smallest absolute Gasteiger partial charge is 0.321 e. The molecule has 5 heteroatoms. The molecule has 0 aliphatic carbocycles. The highest BCUT2D eigenvalue weighted by molar-refractivity contribution is 5.23. The second-order valence-electron chi connectivity index (χ2n) is 6.40. The molecule has 0 aromatic carbocycles. The van der Waals surface area contributed by atoms with Crippen molar-refractivity contribution < 1.29 is 4.74 Å². The van der Waals surface area contributed by atoms with Crippen LogP contribution in [0, 0.1) is 0 Å². The summed E-state index contributed by atoms with van der Waals surface area (Å²) in [6.07, 6.45) is 17.1. The van der Waals surface area contributed by atoms with Gasteiger partial charge in [0.25, 0.3) is 0 Å². The summed E-state index contributed by atoms with van der Waals surface area (Å²) in [4.78, 5) is 12.4. The Balaban J connectivity index is 1.98. The molecule has 138 valence electrons. The van der Waals surface area contributed by atoms with Gasteiger partial charge in [0.1, 0.15) is 6.33 Å². The first-order valence-electron chi connectivity index (χ1n) is 9.92. The second-order valence-corrected chi connectivity index (χ2v) is 6.40. The van der Waals surface area contributed by atoms with E-state index >= 15 is 0 Å². The minimum Gasteiger partial charge on any atom is -0.463 e. The minimum atomic E-state index is 0.420. The summed E-state index contributed by atoms with van der Waals surface area (Å²) >= 11 is 0. The van der Waals surface area contributed by atoms with Gasteiger partial charge in [0.15, 0.2) is 0 Å². The Hall–Kier alpha value is -1.39. The van der Waals surface area contributed by atoms with Gasteiger partial charge in [-0.3, -0.25) is 0 Å². The van der Waals surface area contributed by atoms with E-state index in [0.717, 1.165) is 25.8 Å². The van der Waals surface area contributed by atoms with Gasteiger partial charge in [-0.05, 0) is 12.8 Å². The normalized spacial score (nSPS) is 10.8. The maximum absolute atomic E-state index is 5.49. The predicted octanol–water partition coefficient (Wildman–Crippen LogP) is 5.38. The van der Waals surface area contributed by atoms with Crippen LogP contribution in [-0.2, 0) is 0 Å². The maximum atomic E-state index is 5.49. The number of nitrogens with one attached hydrogen (secondary N) is 1. The standard InChI is InChI=1S/C19H36N4O/c1-3-5-7-8-9-10-11-12-13-14-15-20-18-21-17-22-19(23-18)24-16-6-4-2/h17H,3-16H2,1-2H3,(H,20,21,22,23). The first-order chi connectivity index (χ1) is 11.9. The van der Waals surface area contributed by atoms with Gasteiger partial charge in [-0.25, -0.2) is 4.98 Å². The number of unbranched alkanes of at least 4 members (excludes halogenated alkanes) is 10. The van der Waals surface area contributed by atoms with Crippen LogP contribution in [0.2, 0.25) is 0 Å². The zero-order chi connectivity index (χ0) is 17.3. The highest BCUT2D eigenvalue weighted by Gasteiger charge is 2.01. The van der Waals surface area contributed by atoms with Crippen LogP contribution >= 0.6 is 0 Å². The molecule has 0 atom stereocenters. The summed E-state index contributed by atoms with van der Waals surface area (Å²) in [6, 6.07) is 0.420. The van der Waals surface area contributed by atoms with Gasteiger partial charge in [-0.2, -0.15) is 9.97 Å². The van der Waals surface area contributed by atoms with Crippen molar-refractivity contribution in [2.24, 2.45) is 0 Å². The first-order valence-corrected chi connectivity index (χ1v) is 9.92. The van der Waals surface area contributed by atoms with Gasteiger partial charge in [0.05, 0.1) is 6.61 Å². The van der Waals surface area contributed by atoms with Gasteiger partial charge in [0.2, 0.25) is 5.95 Å². The summed E-state index contributed by atoms with van der Waals surface area (Å²) < 4.78 is 5.49. The van der Waals surface area contributed by atoms with E-state index in [0.29, 0.717) is 18.6 Å². The van der Waals surface area contributed by atoms with Gasteiger partial charge in [0, 0.05) is 6.54 Å². The highest BCUT2D eigenvalue weighted by atomic mass is 16.5. The molecule has 0 spiro atoms. The van der Waals surface area contributed by atoms with Crippen LogP contribution < -0.4 is 10.1 Å². The van der Waals surface area contributed by atoms with Gasteiger partial charge >= 0.3 is 6.01 Å². The summed E-state index contributed by atoms with van der Waals surface area (Å²) in [7, 11) is 0. The van der Waals surface area contributed by atoms with Crippen LogP contribution in [0.1, 0.15) is 90.9 Å². The third-order valence-electron chi connectivity index (χ3n) is 4.09. The number of aromatic nitrogens is 3. The Bertz CT molecular complexity index is 401. The summed E-state index contributed by atoms with van der Waals surface area (Å²) in [6.45, 7) is 5.98. The maximum Gasteiger partial charge on any atom is 0.321 e. The molecule has 0 amide bonds. The van der Waals surface area contributed by atoms with Gasteiger partial charge < -0.3 is 10.1 Å². The van der Waals surface area contributed by atoms with Crippen LogP contribution in [0.4, 0.5) is 5.95 Å². The number of ether oxygens (including phenoxy) is 1. The quantitative estimate of drug-likeness (QED) is 0.410. The fourth-order valence-corrected chi connectivity index (χ4v) is 2.56. The average Bonchev–Trinajstić information content (AvgIpc) is 2.60. The van der Waals surface area contributed by atoms with Crippen molar-refractivity contribution in [2.75, 3.05) is 18.5 Å². The fraction of sp³-hybridized carbons (Fsp3) is 0.842. The summed E-state index contributed by atoms with van der Waals surface area (Å²) in [5.74, 6) is 0.618. The zero-order valence-corrected chi connectivity index (χ0v) is 15.7. The van der Waals surface area contributed by atoms with Crippen molar-refractivity contribution in [3.05, 3.63) is 6.33 Å². The second kappa shape index (κ2) is 15.2. The summed E-state index contributed by atoms with van der Waals surface area (Å²) in [5, 5.41) is 3.26. The highest BCUT2D eigenvalue weighted by Crippen LogP contribution is 2.11. The van der Waals surface area contributed by atoms with Crippen molar-refractivity contribution in [2.45, 2.75) is 90.9 Å². The van der Waals surface area contributed by atoms with Crippen LogP contribution in [0.25, 0.3) is 0 Å². The summed E-state index contributed by atoms with van der Waals surface area (Å²) in [5.41, 5.74) is 0. The van der Waals surface area contributed by atoms with E-state index < -0.39 is 0 Å². The molecule has 24 heavy (non-hydrogen) atoms. The number of rotatable bonds is 16. The van der Waals surface area contributed by atoms with Crippen LogP contribution in [0.3, 0.4) is 0 Å². The first kappa shape index (κ1) is 20.7. The Kier molecular flexibility index (Phi) is 13.0. The molecule has 1 aromatic rings. The monoisotopic (exact) mass is 336 g/mol. The molecule has 0 aliphatic rings. The molecule has 1 aromatic heterocycles. The van der Waals surface area contributed by atoms with E-state index in [2.05, 4.69) is 34.1 Å². The minimum absolute atomic E-state index is 0.420. The number of hydrogen-bond donors (Lipinski definition) is 1. The molecule has 5 nitrogen and oxygen atoms in total. The van der Waals surface area contributed by atoms with Crippen LogP contribution in [0.5, 0.6) is 6.01 Å². The van der Waals surface area contributed by atoms with E-state index in [1.165, 1.54) is 64.1 Å². The zero-order valence-electron chi connectivity index (χ0n) is 15.7. The van der Waals surface area contributed by atoms with Crippen LogP contribution in [0.15, 0.2) is 6.33 Å². The van der Waals surface area contributed by atoms with Gasteiger partial charge in [-0.15, -0.1) is 0 Å². The molecule has 1 N–H and O–H groups in total. The number of nitrogens with zero attached hydrogens (tertiary/aromatic N) is 3. The molecule has 0 radical (unpaired) electrons. The van der Waals surface area contributed by atoms with Crippen molar-refractivity contribution in [3.8, 4) is 6.01 Å². The average molecular weight is 337 g/mol. The molecule has 1 rings (SSSR count). The van der Waals surface area contributed by atoms with E-state index in [-0.39, 0.29) is 0 Å². The molecule has 0 aliphatic heterocycles. The van der Waals surface area contributed by atoms with Crippen molar-refractivity contribution in [1.29, 1.82) is 0 Å². The molecular formula is C19H36N4O. The van der Waals surface area contributed by atoms with E-state index in [1.807, 2.05) is 0 Å². The third kappa shape index (κ3) is 11.2. The van der Waals surface area contributed by atoms with E-state index in [9.17, 15) is 0 Å². The molecule has 0 unspecified atom stereocenters. The molecular weight excluding hydrogens is 300 g/mol. The van der Waals surface area contributed by atoms with Crippen molar-refractivity contribution in [1.82, 2.24) is 15.0 Å². The van der Waals surface area contributed by atoms with Crippen molar-refractivity contribution >= 4 is 5.95 Å². The lowest BCUT2D eigenvalue weighted by Gasteiger charge is -2.06. The van der Waals surface area contributed by atoms with Crippen molar-refractivity contribution in [3.63, 3.8) is 0 Å². The SMILES string of the molecule is CCCCCCCCCCCCNc1ncnc(OCCCC)n1. The Morgan fingerprint density at radius 2 is 1.42 bits per heavy atom. The molecule has 0 bridgehead atoms. The Labute approximate surface area is 148 Å². The van der Waals surface area contributed by atoms with E-state index in [1.54, 1.807) is 0 Å². The number of hydrogen-bond acceptors (Lipinski definition) is 5. The third-order valence-corrected chi connectivity index (χ3v) is 4.09. The largest absolute Gasteiger partial charge is 0.463 e. The van der Waals surface area contributed by atoms with Crippen LogP contribution in [-0.4, -0.2) is 28.1 Å². The molecule has 0 saturated heterocycles. The fourth-order valence-electron chi connectivity index (χ4n) is 2.56. The lowest BCUT2D eigenvalue weighted by Crippen LogP contribution is -2.08. The van der Waals surface area contributed by atoms with E-state index in [4.69, 9.17) is 4.74 Å².